The van der Waals surface area contributed by atoms with Crippen molar-refractivity contribution >= 4 is 27.4 Å². The van der Waals surface area contributed by atoms with Gasteiger partial charge < -0.3 is 5.32 Å². The summed E-state index contributed by atoms with van der Waals surface area (Å²) >= 11 is 0. The first-order valence-electron chi connectivity index (χ1n) is 7.86. The molecule has 3 aromatic rings. The maximum Gasteiger partial charge on any atom is 0.261 e. The molecule has 0 aliphatic heterocycles. The van der Waals surface area contributed by atoms with Crippen molar-refractivity contribution in [2.45, 2.75) is 11.8 Å². The van der Waals surface area contributed by atoms with Gasteiger partial charge in [-0.15, -0.1) is 0 Å². The van der Waals surface area contributed by atoms with Crippen molar-refractivity contribution < 1.29 is 13.2 Å². The van der Waals surface area contributed by atoms with Gasteiger partial charge in [0.25, 0.3) is 15.9 Å². The molecular weight excluding hydrogens is 350 g/mol. The number of sulfonamides is 1. The van der Waals surface area contributed by atoms with Gasteiger partial charge in [0.05, 0.1) is 4.90 Å². The summed E-state index contributed by atoms with van der Waals surface area (Å²) in [6.45, 7) is 1.84. The average Bonchev–Trinajstić information content (AvgIpc) is 2.64. The van der Waals surface area contributed by atoms with Crippen molar-refractivity contribution in [3.63, 3.8) is 0 Å². The lowest BCUT2D eigenvalue weighted by Gasteiger charge is -2.09. The van der Waals surface area contributed by atoms with Gasteiger partial charge in [0, 0.05) is 17.4 Å². The van der Waals surface area contributed by atoms with Gasteiger partial charge in [0.2, 0.25) is 0 Å². The highest BCUT2D eigenvalue weighted by Gasteiger charge is 2.15. The zero-order chi connectivity index (χ0) is 18.6. The Kier molecular flexibility index (Phi) is 4.99. The number of nitrogens with one attached hydrogen (secondary N) is 2. The van der Waals surface area contributed by atoms with Gasteiger partial charge in [-0.25, -0.2) is 13.4 Å². The van der Waals surface area contributed by atoms with E-state index in [4.69, 9.17) is 0 Å². The van der Waals surface area contributed by atoms with Crippen LogP contribution in [0.15, 0.2) is 77.8 Å². The van der Waals surface area contributed by atoms with Crippen LogP contribution in [0.3, 0.4) is 0 Å². The second kappa shape index (κ2) is 7.37. The van der Waals surface area contributed by atoms with E-state index in [1.165, 1.54) is 24.3 Å². The maximum atomic E-state index is 12.4. The van der Waals surface area contributed by atoms with Crippen molar-refractivity contribution in [1.29, 1.82) is 0 Å². The smallest absolute Gasteiger partial charge is 0.261 e. The molecule has 0 bridgehead atoms. The molecule has 2 N–H and O–H groups in total. The number of aromatic nitrogens is 1. The van der Waals surface area contributed by atoms with Gasteiger partial charge in [-0.2, -0.15) is 0 Å². The Hall–Kier alpha value is -3.19. The van der Waals surface area contributed by atoms with E-state index in [9.17, 15) is 13.2 Å². The summed E-state index contributed by atoms with van der Waals surface area (Å²) in [5.41, 5.74) is 1.65. The minimum Gasteiger partial charge on any atom is -0.306 e. The first kappa shape index (κ1) is 17.6. The third kappa shape index (κ3) is 4.07. The van der Waals surface area contributed by atoms with E-state index in [1.807, 2.05) is 13.0 Å². The Balaban J connectivity index is 1.75. The number of benzene rings is 2. The predicted molar refractivity (Wildman–Crippen MR) is 101 cm³/mol. The largest absolute Gasteiger partial charge is 0.306 e. The number of hydrogen-bond acceptors (Lipinski definition) is 4. The summed E-state index contributed by atoms with van der Waals surface area (Å²) in [6.07, 6.45) is 1.59. The zero-order valence-corrected chi connectivity index (χ0v) is 14.8. The number of nitrogens with zero attached hydrogens (tertiary/aromatic N) is 1. The molecule has 0 radical (unpaired) electrons. The highest BCUT2D eigenvalue weighted by atomic mass is 32.2. The van der Waals surface area contributed by atoms with Gasteiger partial charge in [-0.05, 0) is 55.0 Å². The van der Waals surface area contributed by atoms with Crippen molar-refractivity contribution in [1.82, 2.24) is 4.98 Å². The normalized spacial score (nSPS) is 11.0. The molecule has 6 nitrogen and oxygen atoms in total. The average molecular weight is 367 g/mol. The quantitative estimate of drug-likeness (QED) is 0.723. The first-order valence-corrected chi connectivity index (χ1v) is 9.35. The van der Waals surface area contributed by atoms with Crippen molar-refractivity contribution in [2.24, 2.45) is 0 Å². The highest BCUT2D eigenvalue weighted by molar-refractivity contribution is 7.92. The molecule has 132 valence electrons. The molecule has 0 unspecified atom stereocenters. The van der Waals surface area contributed by atoms with Crippen molar-refractivity contribution in [2.75, 3.05) is 10.0 Å². The molecule has 0 fully saturated rings. The third-order valence-corrected chi connectivity index (χ3v) is 5.09. The molecular formula is C19H17N3O3S. The minimum atomic E-state index is -3.72. The molecule has 0 spiro atoms. The summed E-state index contributed by atoms with van der Waals surface area (Å²) < 4.78 is 27.3. The van der Waals surface area contributed by atoms with Crippen molar-refractivity contribution in [3.8, 4) is 0 Å². The number of carbonyl (C=O) groups is 1. The molecule has 7 heteroatoms. The molecule has 1 amide bonds. The molecule has 1 aromatic heterocycles. The van der Waals surface area contributed by atoms with E-state index in [1.54, 1.807) is 42.6 Å². The van der Waals surface area contributed by atoms with Crippen LogP contribution in [0.4, 0.5) is 11.5 Å². The van der Waals surface area contributed by atoms with Gasteiger partial charge in [0.15, 0.2) is 0 Å². The van der Waals surface area contributed by atoms with Crippen LogP contribution in [0.1, 0.15) is 15.9 Å². The molecule has 0 aliphatic carbocycles. The standard InChI is InChI=1S/C19H17N3O3S/c1-14-6-5-13-20-18(14)21-19(23)15-9-11-17(12-10-15)26(24,25)22-16-7-3-2-4-8-16/h2-13,22H,1H3,(H,20,21,23). The molecule has 0 saturated carbocycles. The summed E-state index contributed by atoms with van der Waals surface area (Å²) in [7, 11) is -3.72. The van der Waals surface area contributed by atoms with Crippen LogP contribution in [0, 0.1) is 6.92 Å². The summed E-state index contributed by atoms with van der Waals surface area (Å²) in [5.74, 6) is 0.117. The number of amides is 1. The van der Waals surface area contributed by atoms with Gasteiger partial charge in [0.1, 0.15) is 5.82 Å². The summed E-state index contributed by atoms with van der Waals surface area (Å²) in [6, 6.07) is 17.9. The SMILES string of the molecule is Cc1cccnc1NC(=O)c1ccc(S(=O)(=O)Nc2ccccc2)cc1. The zero-order valence-electron chi connectivity index (χ0n) is 14.0. The van der Waals surface area contributed by atoms with Crippen LogP contribution in [0.2, 0.25) is 0 Å². The fourth-order valence-corrected chi connectivity index (χ4v) is 3.36. The van der Waals surface area contributed by atoms with E-state index >= 15 is 0 Å². The molecule has 26 heavy (non-hydrogen) atoms. The molecule has 1 heterocycles. The van der Waals surface area contributed by atoms with E-state index < -0.39 is 10.0 Å². The first-order chi connectivity index (χ1) is 12.5. The van der Waals surface area contributed by atoms with Crippen LogP contribution in [-0.2, 0) is 10.0 Å². The molecule has 3 rings (SSSR count). The lowest BCUT2D eigenvalue weighted by molar-refractivity contribution is 0.102. The number of rotatable bonds is 5. The molecule has 0 atom stereocenters. The molecule has 0 aliphatic rings. The van der Waals surface area contributed by atoms with E-state index in [-0.39, 0.29) is 10.8 Å². The number of pyridine rings is 1. The number of carbonyl (C=O) groups excluding carboxylic acids is 1. The topological polar surface area (TPSA) is 88.2 Å². The van der Waals surface area contributed by atoms with E-state index in [0.717, 1.165) is 5.56 Å². The van der Waals surface area contributed by atoms with Gasteiger partial charge in [-0.3, -0.25) is 9.52 Å². The van der Waals surface area contributed by atoms with Crippen LogP contribution in [-0.4, -0.2) is 19.3 Å². The van der Waals surface area contributed by atoms with E-state index in [2.05, 4.69) is 15.0 Å². The Morgan fingerprint density at radius 2 is 1.62 bits per heavy atom. The van der Waals surface area contributed by atoms with Crippen LogP contribution in [0.25, 0.3) is 0 Å². The van der Waals surface area contributed by atoms with Crippen LogP contribution >= 0.6 is 0 Å². The Morgan fingerprint density at radius 1 is 0.923 bits per heavy atom. The lowest BCUT2D eigenvalue weighted by atomic mass is 10.2. The number of anilines is 2. The van der Waals surface area contributed by atoms with Gasteiger partial charge >= 0.3 is 0 Å². The van der Waals surface area contributed by atoms with Gasteiger partial charge in [-0.1, -0.05) is 24.3 Å². The Labute approximate surface area is 152 Å². The highest BCUT2D eigenvalue weighted by Crippen LogP contribution is 2.17. The minimum absolute atomic E-state index is 0.0759. The third-order valence-electron chi connectivity index (χ3n) is 3.69. The fraction of sp³-hybridized carbons (Fsp3) is 0.0526. The molecule has 2 aromatic carbocycles. The maximum absolute atomic E-state index is 12.4. The van der Waals surface area contributed by atoms with Crippen molar-refractivity contribution in [3.05, 3.63) is 84.1 Å². The second-order valence-corrected chi connectivity index (χ2v) is 7.30. The van der Waals surface area contributed by atoms with E-state index in [0.29, 0.717) is 17.1 Å². The molecule has 0 saturated heterocycles. The monoisotopic (exact) mass is 367 g/mol. The Morgan fingerprint density at radius 3 is 2.27 bits per heavy atom. The number of aryl methyl sites for hydroxylation is 1. The second-order valence-electron chi connectivity index (χ2n) is 5.62. The van der Waals surface area contributed by atoms with Crippen LogP contribution < -0.4 is 10.0 Å². The predicted octanol–water partition coefficient (Wildman–Crippen LogP) is 3.44. The fourth-order valence-electron chi connectivity index (χ4n) is 2.30. The number of para-hydroxylation sites is 1. The summed E-state index contributed by atoms with van der Waals surface area (Å²) in [4.78, 5) is 16.5. The van der Waals surface area contributed by atoms with Crippen LogP contribution in [0.5, 0.6) is 0 Å². The number of hydrogen-bond donors (Lipinski definition) is 2. The lowest BCUT2D eigenvalue weighted by Crippen LogP contribution is -2.15. The Bertz CT molecular complexity index is 1020. The summed E-state index contributed by atoms with van der Waals surface area (Å²) in [5, 5.41) is 2.71.